The van der Waals surface area contributed by atoms with Crippen molar-refractivity contribution in [1.82, 2.24) is 20.0 Å². The van der Waals surface area contributed by atoms with Crippen LogP contribution in [-0.2, 0) is 7.05 Å². The van der Waals surface area contributed by atoms with Gasteiger partial charge in [0, 0.05) is 24.5 Å². The highest BCUT2D eigenvalue weighted by molar-refractivity contribution is 5.22. The molecule has 0 bridgehead atoms. The fourth-order valence-electron chi connectivity index (χ4n) is 1.36. The first kappa shape index (κ1) is 9.79. The molecule has 0 aliphatic heterocycles. The fourth-order valence-corrected chi connectivity index (χ4v) is 1.36. The van der Waals surface area contributed by atoms with E-state index in [9.17, 15) is 5.11 Å². The standard InChI is InChI=1S/C10H12N4O/c1-7-3-4-8(5-11-7)10(15)9-6-12-13-14(9)2/h3-6,10,15H,1-2H3. The smallest absolute Gasteiger partial charge is 0.124 e. The molecule has 0 aliphatic carbocycles. The second kappa shape index (κ2) is 3.78. The molecule has 5 heteroatoms. The van der Waals surface area contributed by atoms with Gasteiger partial charge < -0.3 is 5.11 Å². The van der Waals surface area contributed by atoms with Gasteiger partial charge in [0.1, 0.15) is 6.10 Å². The Morgan fingerprint density at radius 2 is 2.13 bits per heavy atom. The van der Waals surface area contributed by atoms with Gasteiger partial charge in [0.2, 0.25) is 0 Å². The van der Waals surface area contributed by atoms with Crippen molar-refractivity contribution >= 4 is 0 Å². The van der Waals surface area contributed by atoms with Crippen LogP contribution in [0.4, 0.5) is 0 Å². The number of rotatable bonds is 2. The number of aliphatic hydroxyl groups excluding tert-OH is 1. The Labute approximate surface area is 87.4 Å². The number of pyridine rings is 1. The molecule has 0 saturated carbocycles. The summed E-state index contributed by atoms with van der Waals surface area (Å²) < 4.78 is 1.55. The lowest BCUT2D eigenvalue weighted by Crippen LogP contribution is -2.06. The van der Waals surface area contributed by atoms with Gasteiger partial charge in [0.25, 0.3) is 0 Å². The third-order valence-corrected chi connectivity index (χ3v) is 2.28. The lowest BCUT2D eigenvalue weighted by atomic mass is 10.1. The van der Waals surface area contributed by atoms with E-state index in [2.05, 4.69) is 15.3 Å². The first-order valence-electron chi connectivity index (χ1n) is 4.63. The van der Waals surface area contributed by atoms with Crippen molar-refractivity contribution in [1.29, 1.82) is 0 Å². The molecule has 1 atom stereocenters. The summed E-state index contributed by atoms with van der Waals surface area (Å²) in [5, 5.41) is 17.5. The van der Waals surface area contributed by atoms with Gasteiger partial charge >= 0.3 is 0 Å². The minimum absolute atomic E-state index is 0.653. The third kappa shape index (κ3) is 1.87. The molecule has 15 heavy (non-hydrogen) atoms. The summed E-state index contributed by atoms with van der Waals surface area (Å²) in [7, 11) is 1.74. The first-order chi connectivity index (χ1) is 7.18. The largest absolute Gasteiger partial charge is 0.382 e. The van der Waals surface area contributed by atoms with Crippen LogP contribution in [0.25, 0.3) is 0 Å². The molecule has 2 aromatic rings. The molecule has 1 unspecified atom stereocenters. The van der Waals surface area contributed by atoms with Gasteiger partial charge in [-0.15, -0.1) is 5.10 Å². The Morgan fingerprint density at radius 3 is 2.67 bits per heavy atom. The zero-order valence-electron chi connectivity index (χ0n) is 8.62. The van der Waals surface area contributed by atoms with Crippen molar-refractivity contribution in [2.75, 3.05) is 0 Å². The van der Waals surface area contributed by atoms with Gasteiger partial charge in [-0.05, 0) is 13.0 Å². The Kier molecular flexibility index (Phi) is 2.47. The van der Waals surface area contributed by atoms with Gasteiger partial charge in [-0.1, -0.05) is 11.3 Å². The molecule has 0 amide bonds. The van der Waals surface area contributed by atoms with Gasteiger partial charge in [0.05, 0.1) is 11.9 Å². The maximum Gasteiger partial charge on any atom is 0.124 e. The van der Waals surface area contributed by atoms with Crippen LogP contribution in [0.1, 0.15) is 23.1 Å². The molecule has 5 nitrogen and oxygen atoms in total. The van der Waals surface area contributed by atoms with E-state index in [0.717, 1.165) is 11.3 Å². The monoisotopic (exact) mass is 204 g/mol. The van der Waals surface area contributed by atoms with Crippen LogP contribution in [0, 0.1) is 6.92 Å². The topological polar surface area (TPSA) is 63.8 Å². The number of aryl methyl sites for hydroxylation is 2. The average molecular weight is 204 g/mol. The summed E-state index contributed by atoms with van der Waals surface area (Å²) in [4.78, 5) is 4.13. The second-order valence-corrected chi connectivity index (χ2v) is 3.42. The first-order valence-corrected chi connectivity index (χ1v) is 4.63. The molecular weight excluding hydrogens is 192 g/mol. The van der Waals surface area contributed by atoms with Crippen LogP contribution >= 0.6 is 0 Å². The zero-order chi connectivity index (χ0) is 10.8. The number of hydrogen-bond acceptors (Lipinski definition) is 4. The maximum atomic E-state index is 10.0. The maximum absolute atomic E-state index is 10.0. The van der Waals surface area contributed by atoms with Gasteiger partial charge in [-0.3, -0.25) is 4.98 Å². The third-order valence-electron chi connectivity index (χ3n) is 2.28. The van der Waals surface area contributed by atoms with Crippen molar-refractivity contribution in [2.24, 2.45) is 7.05 Å². The number of hydrogen-bond donors (Lipinski definition) is 1. The van der Waals surface area contributed by atoms with Crippen LogP contribution < -0.4 is 0 Å². The van der Waals surface area contributed by atoms with Crippen molar-refractivity contribution in [2.45, 2.75) is 13.0 Å². The number of aromatic nitrogens is 4. The summed E-state index contributed by atoms with van der Waals surface area (Å²) in [6.07, 6.45) is 2.48. The minimum Gasteiger partial charge on any atom is -0.382 e. The molecule has 2 heterocycles. The highest BCUT2D eigenvalue weighted by atomic mass is 16.3. The summed E-state index contributed by atoms with van der Waals surface area (Å²) in [5.74, 6) is 0. The lowest BCUT2D eigenvalue weighted by molar-refractivity contribution is 0.209. The summed E-state index contributed by atoms with van der Waals surface area (Å²) in [6, 6.07) is 3.71. The van der Waals surface area contributed by atoms with E-state index in [-0.39, 0.29) is 0 Å². The van der Waals surface area contributed by atoms with Crippen LogP contribution in [0.5, 0.6) is 0 Å². The van der Waals surface area contributed by atoms with E-state index in [1.165, 1.54) is 0 Å². The molecule has 0 saturated heterocycles. The molecule has 1 N–H and O–H groups in total. The van der Waals surface area contributed by atoms with E-state index in [0.29, 0.717) is 5.69 Å². The summed E-state index contributed by atoms with van der Waals surface area (Å²) in [5.41, 5.74) is 2.32. The highest BCUT2D eigenvalue weighted by Crippen LogP contribution is 2.19. The molecule has 0 spiro atoms. The molecule has 0 aromatic carbocycles. The Balaban J connectivity index is 2.32. The Hall–Kier alpha value is -1.75. The van der Waals surface area contributed by atoms with Crippen LogP contribution in [0.15, 0.2) is 24.5 Å². The fraction of sp³-hybridized carbons (Fsp3) is 0.300. The summed E-state index contributed by atoms with van der Waals surface area (Å²) in [6.45, 7) is 1.90. The predicted octanol–water partition coefficient (Wildman–Crippen LogP) is 0.600. The van der Waals surface area contributed by atoms with Gasteiger partial charge in [0.15, 0.2) is 0 Å². The van der Waals surface area contributed by atoms with Gasteiger partial charge in [-0.2, -0.15) is 0 Å². The summed E-state index contributed by atoms with van der Waals surface area (Å²) >= 11 is 0. The minimum atomic E-state index is -0.724. The van der Waals surface area contributed by atoms with Crippen LogP contribution in [-0.4, -0.2) is 25.1 Å². The molecule has 78 valence electrons. The molecule has 2 rings (SSSR count). The van der Waals surface area contributed by atoms with Crippen LogP contribution in [0.2, 0.25) is 0 Å². The average Bonchev–Trinajstić information content (AvgIpc) is 2.65. The number of nitrogens with zero attached hydrogens (tertiary/aromatic N) is 4. The van der Waals surface area contributed by atoms with E-state index in [1.807, 2.05) is 19.1 Å². The van der Waals surface area contributed by atoms with E-state index < -0.39 is 6.10 Å². The normalized spacial score (nSPS) is 12.7. The zero-order valence-corrected chi connectivity index (χ0v) is 8.62. The van der Waals surface area contributed by atoms with Crippen molar-refractivity contribution in [3.05, 3.63) is 41.5 Å². The number of aliphatic hydroxyl groups is 1. The molecule has 0 fully saturated rings. The molecule has 0 radical (unpaired) electrons. The predicted molar refractivity (Wildman–Crippen MR) is 54.0 cm³/mol. The van der Waals surface area contributed by atoms with E-state index in [1.54, 1.807) is 24.1 Å². The van der Waals surface area contributed by atoms with Crippen LogP contribution in [0.3, 0.4) is 0 Å². The quantitative estimate of drug-likeness (QED) is 0.778. The SMILES string of the molecule is Cc1ccc(C(O)c2cnnn2C)cn1. The highest BCUT2D eigenvalue weighted by Gasteiger charge is 2.14. The lowest BCUT2D eigenvalue weighted by Gasteiger charge is -2.09. The molecule has 0 aliphatic rings. The van der Waals surface area contributed by atoms with E-state index >= 15 is 0 Å². The van der Waals surface area contributed by atoms with E-state index in [4.69, 9.17) is 0 Å². The molecular formula is C10H12N4O. The van der Waals surface area contributed by atoms with Crippen molar-refractivity contribution in [3.63, 3.8) is 0 Å². The Morgan fingerprint density at radius 1 is 1.33 bits per heavy atom. The van der Waals surface area contributed by atoms with Gasteiger partial charge in [-0.25, -0.2) is 4.68 Å². The Bertz CT molecular complexity index is 449. The molecule has 2 aromatic heterocycles. The second-order valence-electron chi connectivity index (χ2n) is 3.42. The van der Waals surface area contributed by atoms with Crippen molar-refractivity contribution < 1.29 is 5.11 Å². The van der Waals surface area contributed by atoms with Crippen molar-refractivity contribution in [3.8, 4) is 0 Å².